The highest BCUT2D eigenvalue weighted by molar-refractivity contribution is 14.0. The van der Waals surface area contributed by atoms with Gasteiger partial charge in [0.15, 0.2) is 5.96 Å². The van der Waals surface area contributed by atoms with Gasteiger partial charge in [0.1, 0.15) is 6.54 Å². The summed E-state index contributed by atoms with van der Waals surface area (Å²) in [7, 11) is 3.46. The molecule has 1 aromatic rings. The second-order valence-electron chi connectivity index (χ2n) is 6.40. The molecule has 0 atom stereocenters. The molecule has 0 spiro atoms. The van der Waals surface area contributed by atoms with E-state index in [2.05, 4.69) is 20.6 Å². The zero-order valence-corrected chi connectivity index (χ0v) is 18.7. The lowest BCUT2D eigenvalue weighted by molar-refractivity contribution is -0.128. The lowest BCUT2D eigenvalue weighted by Gasteiger charge is -2.24. The first kappa shape index (κ1) is 24.6. The molecule has 0 fully saturated rings. The van der Waals surface area contributed by atoms with Crippen LogP contribution in [0.2, 0.25) is 0 Å². The highest BCUT2D eigenvalue weighted by Crippen LogP contribution is 2.04. The SMILES string of the molecule is CCNC(=NCC(=O)N(C)CCc1ccccn1)NCC(C)(C)OC.I. The van der Waals surface area contributed by atoms with Crippen LogP contribution in [0, 0.1) is 0 Å². The van der Waals surface area contributed by atoms with Crippen molar-refractivity contribution in [1.29, 1.82) is 0 Å². The van der Waals surface area contributed by atoms with Crippen molar-refractivity contribution < 1.29 is 9.53 Å². The Labute approximate surface area is 174 Å². The van der Waals surface area contributed by atoms with E-state index in [1.54, 1.807) is 25.3 Å². The van der Waals surface area contributed by atoms with Crippen LogP contribution < -0.4 is 10.6 Å². The second-order valence-corrected chi connectivity index (χ2v) is 6.40. The quantitative estimate of drug-likeness (QED) is 0.322. The molecular formula is C18H32IN5O2. The Morgan fingerprint density at radius 1 is 1.35 bits per heavy atom. The second kappa shape index (κ2) is 12.9. The van der Waals surface area contributed by atoms with Gasteiger partial charge in [0.2, 0.25) is 5.91 Å². The zero-order valence-electron chi connectivity index (χ0n) is 16.4. The first-order chi connectivity index (χ1) is 11.9. The molecule has 7 nitrogen and oxygen atoms in total. The predicted octanol–water partition coefficient (Wildman–Crippen LogP) is 1.68. The Hall–Kier alpha value is -1.42. The van der Waals surface area contributed by atoms with Crippen molar-refractivity contribution >= 4 is 35.8 Å². The molecule has 0 saturated carbocycles. The Morgan fingerprint density at radius 2 is 2.08 bits per heavy atom. The van der Waals surface area contributed by atoms with Crippen LogP contribution in [0.15, 0.2) is 29.4 Å². The summed E-state index contributed by atoms with van der Waals surface area (Å²) in [6.45, 7) is 8.00. The van der Waals surface area contributed by atoms with E-state index in [-0.39, 0.29) is 42.0 Å². The van der Waals surface area contributed by atoms with Gasteiger partial charge in [-0.1, -0.05) is 6.07 Å². The smallest absolute Gasteiger partial charge is 0.244 e. The van der Waals surface area contributed by atoms with Crippen molar-refractivity contribution in [2.45, 2.75) is 32.8 Å². The zero-order chi connectivity index (χ0) is 18.7. The summed E-state index contributed by atoms with van der Waals surface area (Å²) in [4.78, 5) is 22.6. The van der Waals surface area contributed by atoms with Gasteiger partial charge in [-0.25, -0.2) is 4.99 Å². The average molecular weight is 477 g/mol. The first-order valence-corrected chi connectivity index (χ1v) is 8.59. The molecule has 8 heteroatoms. The number of nitrogens with one attached hydrogen (secondary N) is 2. The van der Waals surface area contributed by atoms with E-state index in [0.29, 0.717) is 19.0 Å². The number of aromatic nitrogens is 1. The van der Waals surface area contributed by atoms with Gasteiger partial charge in [0.05, 0.1) is 5.60 Å². The van der Waals surface area contributed by atoms with Gasteiger partial charge < -0.3 is 20.3 Å². The maximum absolute atomic E-state index is 12.2. The number of ether oxygens (including phenoxy) is 1. The maximum Gasteiger partial charge on any atom is 0.244 e. The number of hydrogen-bond donors (Lipinski definition) is 2. The number of guanidine groups is 1. The summed E-state index contributed by atoms with van der Waals surface area (Å²) in [6, 6.07) is 5.79. The molecule has 0 aliphatic carbocycles. The number of amides is 1. The normalized spacial score (nSPS) is 11.5. The average Bonchev–Trinajstić information content (AvgIpc) is 2.62. The van der Waals surface area contributed by atoms with E-state index in [9.17, 15) is 4.79 Å². The lowest BCUT2D eigenvalue weighted by atomic mass is 10.1. The van der Waals surface area contributed by atoms with Gasteiger partial charge in [-0.3, -0.25) is 9.78 Å². The Kier molecular flexibility index (Phi) is 12.2. The molecular weight excluding hydrogens is 445 g/mol. The third-order valence-electron chi connectivity index (χ3n) is 3.81. The lowest BCUT2D eigenvalue weighted by Crippen LogP contribution is -2.45. The molecule has 1 aromatic heterocycles. The minimum atomic E-state index is -0.306. The first-order valence-electron chi connectivity index (χ1n) is 8.59. The number of carbonyl (C=O) groups excluding carboxylic acids is 1. The minimum absolute atomic E-state index is 0. The summed E-state index contributed by atoms with van der Waals surface area (Å²) in [5.74, 6) is 0.582. The van der Waals surface area contributed by atoms with Gasteiger partial charge in [0.25, 0.3) is 0 Å². The molecule has 2 N–H and O–H groups in total. The van der Waals surface area contributed by atoms with E-state index in [4.69, 9.17) is 4.74 Å². The van der Waals surface area contributed by atoms with Gasteiger partial charge in [-0.15, -0.1) is 24.0 Å². The highest BCUT2D eigenvalue weighted by atomic mass is 127. The van der Waals surface area contributed by atoms with E-state index < -0.39 is 0 Å². The van der Waals surface area contributed by atoms with Crippen LogP contribution in [0.3, 0.4) is 0 Å². The monoisotopic (exact) mass is 477 g/mol. The number of methoxy groups -OCH3 is 1. The summed E-state index contributed by atoms with van der Waals surface area (Å²) in [5.41, 5.74) is 0.669. The standard InChI is InChI=1S/C18H31N5O2.HI/c1-6-19-17(22-14-18(2,3)25-5)21-13-16(24)23(4)12-10-15-9-7-8-11-20-15;/h7-9,11H,6,10,12-14H2,1-5H3,(H2,19,21,22);1H. The Balaban J connectivity index is 0.00000625. The van der Waals surface area contributed by atoms with Crippen molar-refractivity contribution in [2.75, 3.05) is 40.3 Å². The van der Waals surface area contributed by atoms with Crippen LogP contribution in [-0.4, -0.2) is 67.7 Å². The van der Waals surface area contributed by atoms with E-state index in [0.717, 1.165) is 18.7 Å². The highest BCUT2D eigenvalue weighted by Gasteiger charge is 2.16. The molecule has 0 radical (unpaired) electrons. The fourth-order valence-electron chi connectivity index (χ4n) is 1.93. The van der Waals surface area contributed by atoms with Crippen molar-refractivity contribution in [1.82, 2.24) is 20.5 Å². The fourth-order valence-corrected chi connectivity index (χ4v) is 1.93. The number of likely N-dealkylation sites (N-methyl/N-ethyl adjacent to an activating group) is 1. The van der Waals surface area contributed by atoms with Crippen LogP contribution >= 0.6 is 24.0 Å². The Morgan fingerprint density at radius 3 is 2.65 bits per heavy atom. The molecule has 0 unspecified atom stereocenters. The molecule has 1 amide bonds. The third-order valence-corrected chi connectivity index (χ3v) is 3.81. The van der Waals surface area contributed by atoms with Gasteiger partial charge in [-0.05, 0) is 32.9 Å². The van der Waals surface area contributed by atoms with Crippen LogP contribution in [-0.2, 0) is 16.0 Å². The number of aliphatic imine (C=N–C) groups is 1. The summed E-state index contributed by atoms with van der Waals surface area (Å²) in [5, 5.41) is 6.33. The topological polar surface area (TPSA) is 78.9 Å². The molecule has 0 aliphatic heterocycles. The van der Waals surface area contributed by atoms with Crippen molar-refractivity contribution in [3.63, 3.8) is 0 Å². The van der Waals surface area contributed by atoms with E-state index >= 15 is 0 Å². The third kappa shape index (κ3) is 9.91. The Bertz CT molecular complexity index is 552. The van der Waals surface area contributed by atoms with Gasteiger partial charge >= 0.3 is 0 Å². The molecule has 0 saturated heterocycles. The molecule has 1 heterocycles. The van der Waals surface area contributed by atoms with Gasteiger partial charge in [-0.2, -0.15) is 0 Å². The maximum atomic E-state index is 12.2. The van der Waals surface area contributed by atoms with Crippen LogP contribution in [0.1, 0.15) is 26.5 Å². The number of carbonyl (C=O) groups is 1. The molecule has 26 heavy (non-hydrogen) atoms. The van der Waals surface area contributed by atoms with E-state index in [1.165, 1.54) is 0 Å². The molecule has 0 aliphatic rings. The summed E-state index contributed by atoms with van der Waals surface area (Å²) in [6.07, 6.45) is 2.49. The summed E-state index contributed by atoms with van der Waals surface area (Å²) < 4.78 is 5.38. The largest absolute Gasteiger partial charge is 0.377 e. The summed E-state index contributed by atoms with van der Waals surface area (Å²) >= 11 is 0. The number of pyridine rings is 1. The van der Waals surface area contributed by atoms with Crippen LogP contribution in [0.4, 0.5) is 0 Å². The van der Waals surface area contributed by atoms with Crippen molar-refractivity contribution in [2.24, 2.45) is 4.99 Å². The number of halogens is 1. The molecule has 0 bridgehead atoms. The van der Waals surface area contributed by atoms with Crippen LogP contribution in [0.25, 0.3) is 0 Å². The number of hydrogen-bond acceptors (Lipinski definition) is 4. The number of rotatable bonds is 9. The minimum Gasteiger partial charge on any atom is -0.377 e. The number of nitrogens with zero attached hydrogens (tertiary/aromatic N) is 3. The van der Waals surface area contributed by atoms with Crippen LogP contribution in [0.5, 0.6) is 0 Å². The van der Waals surface area contributed by atoms with Crippen molar-refractivity contribution in [3.8, 4) is 0 Å². The van der Waals surface area contributed by atoms with Crippen molar-refractivity contribution in [3.05, 3.63) is 30.1 Å². The predicted molar refractivity (Wildman–Crippen MR) is 116 cm³/mol. The fraction of sp³-hybridized carbons (Fsp3) is 0.611. The van der Waals surface area contributed by atoms with E-state index in [1.807, 2.05) is 39.0 Å². The van der Waals surface area contributed by atoms with Gasteiger partial charge in [0, 0.05) is 52.1 Å². The molecule has 1 rings (SSSR count). The molecule has 0 aromatic carbocycles. The molecule has 148 valence electrons.